The first-order valence-corrected chi connectivity index (χ1v) is 3.68. The van der Waals surface area contributed by atoms with Gasteiger partial charge in [-0.15, -0.1) is 12.3 Å². The minimum atomic E-state index is 0.833. The number of rotatable bonds is 1. The van der Waals surface area contributed by atoms with Crippen LogP contribution in [-0.2, 0) is 0 Å². The van der Waals surface area contributed by atoms with Gasteiger partial charge in [0.05, 0.1) is 13.1 Å². The molecule has 1 aliphatic heterocycles. The summed E-state index contributed by atoms with van der Waals surface area (Å²) in [5.41, 5.74) is 0. The van der Waals surface area contributed by atoms with Crippen LogP contribution in [0.15, 0.2) is 0 Å². The lowest BCUT2D eigenvalue weighted by Gasteiger charge is -2.17. The van der Waals surface area contributed by atoms with Crippen LogP contribution in [0.25, 0.3) is 0 Å². The minimum absolute atomic E-state index is 0.833. The molecule has 1 heterocycles. The van der Waals surface area contributed by atoms with Crippen LogP contribution in [0.3, 0.4) is 0 Å². The zero-order chi connectivity index (χ0) is 6.53. The van der Waals surface area contributed by atoms with Crippen LogP contribution in [0.5, 0.6) is 0 Å². The molecule has 0 aromatic rings. The fraction of sp³-hybridized carbons (Fsp3) is 0.750. The van der Waals surface area contributed by atoms with Crippen LogP contribution in [0.1, 0.15) is 19.3 Å². The average molecular weight is 124 g/mol. The lowest BCUT2D eigenvalue weighted by atomic mass is 9.95. The maximum absolute atomic E-state index is 5.20. The van der Waals surface area contributed by atoms with Crippen molar-refractivity contribution < 1.29 is 5.32 Å². The molecule has 0 aromatic carbocycles. The van der Waals surface area contributed by atoms with Crippen molar-refractivity contribution in [2.75, 3.05) is 13.1 Å². The van der Waals surface area contributed by atoms with Gasteiger partial charge in [0.15, 0.2) is 0 Å². The molecule has 0 saturated carbocycles. The topological polar surface area (TPSA) is 16.6 Å². The molecule has 1 nitrogen and oxygen atoms in total. The van der Waals surface area contributed by atoms with Crippen LogP contribution in [-0.4, -0.2) is 13.1 Å². The van der Waals surface area contributed by atoms with Gasteiger partial charge in [0.1, 0.15) is 0 Å². The van der Waals surface area contributed by atoms with E-state index in [2.05, 4.69) is 11.2 Å². The Morgan fingerprint density at radius 3 is 2.67 bits per heavy atom. The predicted molar refractivity (Wildman–Crippen MR) is 37.8 cm³/mol. The van der Waals surface area contributed by atoms with Crippen molar-refractivity contribution in [1.82, 2.24) is 0 Å². The fourth-order valence-corrected chi connectivity index (χ4v) is 1.37. The molecule has 50 valence electrons. The van der Waals surface area contributed by atoms with Crippen molar-refractivity contribution >= 4 is 0 Å². The first-order valence-electron chi connectivity index (χ1n) is 3.68. The van der Waals surface area contributed by atoms with Crippen LogP contribution in [0.4, 0.5) is 0 Å². The first-order chi connectivity index (χ1) is 4.43. The van der Waals surface area contributed by atoms with Gasteiger partial charge in [-0.1, -0.05) is 0 Å². The number of piperidine rings is 1. The second kappa shape index (κ2) is 3.53. The van der Waals surface area contributed by atoms with E-state index in [4.69, 9.17) is 6.42 Å². The maximum Gasteiger partial charge on any atom is 0.0758 e. The molecular formula is C8H14N+. The third-order valence-electron chi connectivity index (χ3n) is 1.96. The lowest BCUT2D eigenvalue weighted by molar-refractivity contribution is -0.664. The van der Waals surface area contributed by atoms with E-state index in [-0.39, 0.29) is 0 Å². The highest BCUT2D eigenvalue weighted by Crippen LogP contribution is 2.11. The second-order valence-electron chi connectivity index (χ2n) is 2.72. The van der Waals surface area contributed by atoms with E-state index >= 15 is 0 Å². The number of nitrogens with two attached hydrogens (primary N) is 1. The van der Waals surface area contributed by atoms with Crippen LogP contribution < -0.4 is 5.32 Å². The van der Waals surface area contributed by atoms with E-state index in [1.807, 2.05) is 0 Å². The summed E-state index contributed by atoms with van der Waals surface area (Å²) in [6, 6.07) is 0. The highest BCUT2D eigenvalue weighted by molar-refractivity contribution is 4.86. The Morgan fingerprint density at radius 1 is 1.44 bits per heavy atom. The summed E-state index contributed by atoms with van der Waals surface area (Å²) in [5, 5.41) is 2.37. The summed E-state index contributed by atoms with van der Waals surface area (Å²) in [4.78, 5) is 0. The summed E-state index contributed by atoms with van der Waals surface area (Å²) >= 11 is 0. The molecule has 0 atom stereocenters. The summed E-state index contributed by atoms with van der Waals surface area (Å²) in [5.74, 6) is 3.56. The molecule has 0 spiro atoms. The van der Waals surface area contributed by atoms with E-state index in [0.29, 0.717) is 0 Å². The van der Waals surface area contributed by atoms with Gasteiger partial charge in [0.2, 0.25) is 0 Å². The third kappa shape index (κ3) is 2.07. The van der Waals surface area contributed by atoms with Gasteiger partial charge in [-0.25, -0.2) is 0 Å². The van der Waals surface area contributed by atoms with Crippen molar-refractivity contribution in [2.45, 2.75) is 19.3 Å². The van der Waals surface area contributed by atoms with Crippen molar-refractivity contribution in [1.29, 1.82) is 0 Å². The Kier molecular flexibility index (Phi) is 2.60. The zero-order valence-corrected chi connectivity index (χ0v) is 5.77. The smallest absolute Gasteiger partial charge is 0.0758 e. The molecule has 0 amide bonds. The second-order valence-corrected chi connectivity index (χ2v) is 2.72. The van der Waals surface area contributed by atoms with E-state index in [1.54, 1.807) is 0 Å². The van der Waals surface area contributed by atoms with Crippen LogP contribution in [0, 0.1) is 18.3 Å². The Labute approximate surface area is 56.8 Å². The monoisotopic (exact) mass is 124 g/mol. The van der Waals surface area contributed by atoms with Crippen molar-refractivity contribution in [2.24, 2.45) is 5.92 Å². The van der Waals surface area contributed by atoms with Gasteiger partial charge in [0, 0.05) is 19.3 Å². The SMILES string of the molecule is C#CCC1CC[NH2+]CC1. The normalized spacial score (nSPS) is 21.2. The van der Waals surface area contributed by atoms with Crippen molar-refractivity contribution in [3.05, 3.63) is 0 Å². The Morgan fingerprint density at radius 2 is 2.11 bits per heavy atom. The molecule has 1 heteroatoms. The lowest BCUT2D eigenvalue weighted by Crippen LogP contribution is -2.86. The highest BCUT2D eigenvalue weighted by atomic mass is 14.9. The molecule has 9 heavy (non-hydrogen) atoms. The summed E-state index contributed by atoms with van der Waals surface area (Å²) in [6.45, 7) is 2.57. The van der Waals surface area contributed by atoms with Gasteiger partial charge >= 0.3 is 0 Å². The number of terminal acetylenes is 1. The molecule has 0 bridgehead atoms. The van der Waals surface area contributed by atoms with Gasteiger partial charge in [-0.05, 0) is 5.92 Å². The van der Waals surface area contributed by atoms with Gasteiger partial charge < -0.3 is 5.32 Å². The molecule has 0 aromatic heterocycles. The third-order valence-corrected chi connectivity index (χ3v) is 1.96. The van der Waals surface area contributed by atoms with E-state index in [9.17, 15) is 0 Å². The van der Waals surface area contributed by atoms with E-state index in [1.165, 1.54) is 25.9 Å². The molecule has 1 rings (SSSR count). The molecule has 0 unspecified atom stereocenters. The molecule has 1 aliphatic rings. The molecule has 1 fully saturated rings. The molecule has 0 aliphatic carbocycles. The minimum Gasteiger partial charge on any atom is -0.346 e. The van der Waals surface area contributed by atoms with Crippen molar-refractivity contribution in [3.8, 4) is 12.3 Å². The number of hydrogen-bond acceptors (Lipinski definition) is 0. The quantitative estimate of drug-likeness (QED) is 0.473. The standard InChI is InChI=1S/C8H13N/c1-2-3-8-4-6-9-7-5-8/h1,8-9H,3-7H2/p+1. The molecule has 1 saturated heterocycles. The van der Waals surface area contributed by atoms with E-state index < -0.39 is 0 Å². The molecule has 2 N–H and O–H groups in total. The van der Waals surface area contributed by atoms with Crippen LogP contribution >= 0.6 is 0 Å². The number of hydrogen-bond donors (Lipinski definition) is 1. The van der Waals surface area contributed by atoms with Gasteiger partial charge in [-0.3, -0.25) is 0 Å². The van der Waals surface area contributed by atoms with Gasteiger partial charge in [0.25, 0.3) is 0 Å². The first kappa shape index (κ1) is 6.64. The van der Waals surface area contributed by atoms with Crippen LogP contribution in [0.2, 0.25) is 0 Å². The van der Waals surface area contributed by atoms with Crippen molar-refractivity contribution in [3.63, 3.8) is 0 Å². The summed E-state index contributed by atoms with van der Waals surface area (Å²) in [6.07, 6.45) is 8.84. The number of quaternary nitrogens is 1. The fourth-order valence-electron chi connectivity index (χ4n) is 1.37. The largest absolute Gasteiger partial charge is 0.346 e. The van der Waals surface area contributed by atoms with E-state index in [0.717, 1.165) is 12.3 Å². The Hall–Kier alpha value is -0.480. The predicted octanol–water partition coefficient (Wildman–Crippen LogP) is -0.0169. The summed E-state index contributed by atoms with van der Waals surface area (Å²) in [7, 11) is 0. The Balaban J connectivity index is 2.17. The highest BCUT2D eigenvalue weighted by Gasteiger charge is 2.13. The summed E-state index contributed by atoms with van der Waals surface area (Å²) < 4.78 is 0. The molecular weight excluding hydrogens is 110 g/mol. The maximum atomic E-state index is 5.20. The molecule has 0 radical (unpaired) electrons. The average Bonchev–Trinajstić information content (AvgIpc) is 1.91. The zero-order valence-electron chi connectivity index (χ0n) is 5.77. The van der Waals surface area contributed by atoms with Gasteiger partial charge in [-0.2, -0.15) is 0 Å². The Bertz CT molecular complexity index is 106.